The van der Waals surface area contributed by atoms with Gasteiger partial charge >= 0.3 is 0 Å². The molecule has 2 aromatic rings. The summed E-state index contributed by atoms with van der Waals surface area (Å²) in [7, 11) is 1.57. The minimum Gasteiger partial charge on any atom is -0.455 e. The van der Waals surface area contributed by atoms with E-state index in [1.807, 2.05) is 0 Å². The lowest BCUT2D eigenvalue weighted by Gasteiger charge is -2.20. The zero-order valence-electron chi connectivity index (χ0n) is 10.2. The molecule has 20 heavy (non-hydrogen) atoms. The maximum absolute atomic E-state index is 13.2. The van der Waals surface area contributed by atoms with Crippen LogP contribution in [-0.4, -0.2) is 8.42 Å². The molecule has 3 rings (SSSR count). The van der Waals surface area contributed by atoms with Gasteiger partial charge in [-0.25, -0.2) is 12.8 Å². The van der Waals surface area contributed by atoms with E-state index in [9.17, 15) is 12.8 Å². The highest BCUT2D eigenvalue weighted by Crippen LogP contribution is 2.48. The van der Waals surface area contributed by atoms with E-state index in [2.05, 4.69) is 0 Å². The van der Waals surface area contributed by atoms with E-state index in [0.29, 0.717) is 26.9 Å². The minimum absolute atomic E-state index is 0.0360. The van der Waals surface area contributed by atoms with Gasteiger partial charge in [-0.3, -0.25) is 0 Å². The van der Waals surface area contributed by atoms with Crippen LogP contribution >= 0.6 is 22.4 Å². The Kier molecular flexibility index (Phi) is 3.19. The largest absolute Gasteiger partial charge is 0.455 e. The Morgan fingerprint density at radius 2 is 1.85 bits per heavy atom. The van der Waals surface area contributed by atoms with Crippen LogP contribution in [0, 0.1) is 12.7 Å². The smallest absolute Gasteiger partial charge is 0.261 e. The average molecular weight is 331 g/mol. The van der Waals surface area contributed by atoms with Crippen molar-refractivity contribution in [1.82, 2.24) is 0 Å². The molecule has 0 saturated carbocycles. The fourth-order valence-electron chi connectivity index (χ4n) is 1.95. The van der Waals surface area contributed by atoms with Crippen molar-refractivity contribution in [2.24, 2.45) is 0 Å². The Labute approximate surface area is 124 Å². The van der Waals surface area contributed by atoms with Crippen LogP contribution in [-0.2, 0) is 9.05 Å². The van der Waals surface area contributed by atoms with Gasteiger partial charge in [0.1, 0.15) is 17.3 Å². The van der Waals surface area contributed by atoms with Gasteiger partial charge < -0.3 is 4.74 Å². The summed E-state index contributed by atoms with van der Waals surface area (Å²) in [6, 6.07) is 7.27. The molecule has 104 valence electrons. The second-order valence-electron chi connectivity index (χ2n) is 4.30. The van der Waals surface area contributed by atoms with Gasteiger partial charge in [-0.05, 0) is 42.8 Å². The molecule has 0 unspecified atom stereocenters. The van der Waals surface area contributed by atoms with E-state index in [-0.39, 0.29) is 10.7 Å². The SMILES string of the molecule is Cc1cc2c(cc1S(=O)(=O)Cl)Sc1cc(F)ccc1O2. The van der Waals surface area contributed by atoms with Crippen molar-refractivity contribution in [3.63, 3.8) is 0 Å². The minimum atomic E-state index is -3.82. The molecule has 0 radical (unpaired) electrons. The van der Waals surface area contributed by atoms with Gasteiger partial charge in [0.2, 0.25) is 0 Å². The van der Waals surface area contributed by atoms with Crippen LogP contribution in [0.15, 0.2) is 45.0 Å². The van der Waals surface area contributed by atoms with Crippen LogP contribution in [0.25, 0.3) is 0 Å². The maximum atomic E-state index is 13.2. The van der Waals surface area contributed by atoms with E-state index in [4.69, 9.17) is 15.4 Å². The Morgan fingerprint density at radius 3 is 2.55 bits per heavy atom. The number of benzene rings is 2. The maximum Gasteiger partial charge on any atom is 0.261 e. The molecule has 7 heteroatoms. The fraction of sp³-hybridized carbons (Fsp3) is 0.0769. The van der Waals surface area contributed by atoms with Gasteiger partial charge in [-0.15, -0.1) is 0 Å². The third-order valence-corrected chi connectivity index (χ3v) is 5.39. The molecule has 1 heterocycles. The van der Waals surface area contributed by atoms with Crippen molar-refractivity contribution in [2.75, 3.05) is 0 Å². The van der Waals surface area contributed by atoms with Gasteiger partial charge in [0, 0.05) is 10.7 Å². The van der Waals surface area contributed by atoms with Gasteiger partial charge in [-0.1, -0.05) is 11.8 Å². The quantitative estimate of drug-likeness (QED) is 0.623. The van der Waals surface area contributed by atoms with Crippen molar-refractivity contribution in [3.05, 3.63) is 41.7 Å². The molecule has 3 nitrogen and oxygen atoms in total. The summed E-state index contributed by atoms with van der Waals surface area (Å²) in [6.07, 6.45) is 0. The van der Waals surface area contributed by atoms with Crippen molar-refractivity contribution >= 4 is 31.5 Å². The first-order chi connectivity index (χ1) is 9.34. The first kappa shape index (κ1) is 13.7. The number of fused-ring (bicyclic) bond motifs is 2. The van der Waals surface area contributed by atoms with E-state index in [1.165, 1.54) is 30.0 Å². The standard InChI is InChI=1S/C13H8ClFO3S2/c1-7-4-10-12(6-13(7)20(14,16)17)19-11-5-8(15)2-3-9(11)18-10/h2-6H,1H3. The van der Waals surface area contributed by atoms with E-state index >= 15 is 0 Å². The van der Waals surface area contributed by atoms with Crippen LogP contribution in [0.2, 0.25) is 0 Å². The van der Waals surface area contributed by atoms with Crippen LogP contribution < -0.4 is 4.74 Å². The third-order valence-electron chi connectivity index (χ3n) is 2.85. The second kappa shape index (κ2) is 4.65. The Balaban J connectivity index is 2.14. The van der Waals surface area contributed by atoms with Crippen molar-refractivity contribution in [3.8, 4) is 11.5 Å². The Hall–Kier alpha value is -1.24. The number of aryl methyl sites for hydroxylation is 1. The van der Waals surface area contributed by atoms with Gasteiger partial charge in [-0.2, -0.15) is 0 Å². The molecular weight excluding hydrogens is 323 g/mol. The molecule has 0 aromatic heterocycles. The molecule has 2 aromatic carbocycles. The normalized spacial score (nSPS) is 13.3. The third kappa shape index (κ3) is 2.39. The number of hydrogen-bond acceptors (Lipinski definition) is 4. The lowest BCUT2D eigenvalue weighted by atomic mass is 10.2. The number of halogens is 2. The molecule has 0 aliphatic carbocycles. The van der Waals surface area contributed by atoms with Gasteiger partial charge in [0.05, 0.1) is 14.7 Å². The monoisotopic (exact) mass is 330 g/mol. The number of rotatable bonds is 1. The molecule has 0 spiro atoms. The summed E-state index contributed by atoms with van der Waals surface area (Å²) in [4.78, 5) is 1.22. The molecule has 1 aliphatic heterocycles. The molecule has 0 bridgehead atoms. The lowest BCUT2D eigenvalue weighted by Crippen LogP contribution is -2.00. The Morgan fingerprint density at radius 1 is 1.15 bits per heavy atom. The second-order valence-corrected chi connectivity index (χ2v) is 7.92. The summed E-state index contributed by atoms with van der Waals surface area (Å²) in [5, 5.41) is 0. The van der Waals surface area contributed by atoms with E-state index < -0.39 is 9.05 Å². The molecule has 1 aliphatic rings. The first-order valence-electron chi connectivity index (χ1n) is 5.59. The van der Waals surface area contributed by atoms with Crippen molar-refractivity contribution in [1.29, 1.82) is 0 Å². The fourth-order valence-corrected chi connectivity index (χ4v) is 4.22. The van der Waals surface area contributed by atoms with E-state index in [1.54, 1.807) is 19.1 Å². The molecule has 0 saturated heterocycles. The van der Waals surface area contributed by atoms with Crippen molar-refractivity contribution < 1.29 is 17.5 Å². The number of ether oxygens (including phenoxy) is 1. The zero-order valence-corrected chi connectivity index (χ0v) is 12.6. The molecule has 0 N–H and O–H groups in total. The summed E-state index contributed by atoms with van der Waals surface area (Å²) < 4.78 is 41.9. The zero-order chi connectivity index (χ0) is 14.5. The van der Waals surface area contributed by atoms with Crippen LogP contribution in [0.1, 0.15) is 5.56 Å². The highest BCUT2D eigenvalue weighted by molar-refractivity contribution is 8.13. The first-order valence-corrected chi connectivity index (χ1v) is 8.72. The molecule has 0 atom stereocenters. The summed E-state index contributed by atoms with van der Waals surface area (Å²) in [5.74, 6) is 0.709. The average Bonchev–Trinajstić information content (AvgIpc) is 2.34. The summed E-state index contributed by atoms with van der Waals surface area (Å²) in [6.45, 7) is 1.64. The van der Waals surface area contributed by atoms with Crippen LogP contribution in [0.4, 0.5) is 4.39 Å². The Bertz CT molecular complexity index is 819. The van der Waals surface area contributed by atoms with Crippen LogP contribution in [0.5, 0.6) is 11.5 Å². The molecular formula is C13H8ClFO3S2. The van der Waals surface area contributed by atoms with Crippen LogP contribution in [0.3, 0.4) is 0 Å². The number of hydrogen-bond donors (Lipinski definition) is 0. The van der Waals surface area contributed by atoms with Gasteiger partial charge in [0.25, 0.3) is 9.05 Å². The van der Waals surface area contributed by atoms with Gasteiger partial charge in [0.15, 0.2) is 0 Å². The predicted molar refractivity (Wildman–Crippen MR) is 74.8 cm³/mol. The van der Waals surface area contributed by atoms with Crippen molar-refractivity contribution in [2.45, 2.75) is 21.6 Å². The highest BCUT2D eigenvalue weighted by atomic mass is 35.7. The molecule has 0 amide bonds. The lowest BCUT2D eigenvalue weighted by molar-refractivity contribution is 0.450. The predicted octanol–water partition coefficient (Wildman–Crippen LogP) is 4.32. The topological polar surface area (TPSA) is 43.4 Å². The summed E-state index contributed by atoms with van der Waals surface area (Å²) in [5.41, 5.74) is 0.505. The highest BCUT2D eigenvalue weighted by Gasteiger charge is 2.23. The summed E-state index contributed by atoms with van der Waals surface area (Å²) >= 11 is 1.25. The van der Waals surface area contributed by atoms with E-state index in [0.717, 1.165) is 0 Å². The molecule has 0 fully saturated rings.